The number of nitrogens with one attached hydrogen (secondary N) is 1. The van der Waals surface area contributed by atoms with Crippen LogP contribution in [0.3, 0.4) is 0 Å². The summed E-state index contributed by atoms with van der Waals surface area (Å²) >= 11 is 0. The molecule has 0 spiro atoms. The first-order valence-electron chi connectivity index (χ1n) is 4.58. The van der Waals surface area contributed by atoms with Crippen LogP contribution in [0.15, 0.2) is 18.2 Å². The lowest BCUT2D eigenvalue weighted by Crippen LogP contribution is -2.28. The van der Waals surface area contributed by atoms with E-state index in [9.17, 15) is 17.6 Å². The first-order chi connectivity index (χ1) is 6.98. The smallest absolute Gasteiger partial charge is 0.385 e. The van der Waals surface area contributed by atoms with Crippen LogP contribution in [0.5, 0.6) is 0 Å². The molecule has 1 aromatic rings. The van der Waals surface area contributed by atoms with Crippen LogP contribution in [-0.4, -0.2) is 12.7 Å². The van der Waals surface area contributed by atoms with Crippen molar-refractivity contribution in [2.45, 2.75) is 18.5 Å². The van der Waals surface area contributed by atoms with Crippen molar-refractivity contribution >= 4 is 5.69 Å². The van der Waals surface area contributed by atoms with E-state index in [1.165, 1.54) is 6.07 Å². The third-order valence-corrected chi connectivity index (χ3v) is 2.53. The SMILES string of the molecule is Fc1ccc2c(c1)NCCC2C(F)(F)F. The molecule has 1 N–H and O–H groups in total. The lowest BCUT2D eigenvalue weighted by molar-refractivity contribution is -0.151. The van der Waals surface area contributed by atoms with Gasteiger partial charge in [0.15, 0.2) is 0 Å². The minimum atomic E-state index is -4.26. The quantitative estimate of drug-likeness (QED) is 0.660. The van der Waals surface area contributed by atoms with Crippen molar-refractivity contribution in [1.82, 2.24) is 0 Å². The Morgan fingerprint density at radius 1 is 1.27 bits per heavy atom. The van der Waals surface area contributed by atoms with Gasteiger partial charge in [-0.05, 0) is 24.1 Å². The molecule has 1 heterocycles. The molecule has 0 aliphatic carbocycles. The van der Waals surface area contributed by atoms with Crippen LogP contribution in [0.1, 0.15) is 17.9 Å². The van der Waals surface area contributed by atoms with Crippen molar-refractivity contribution in [3.8, 4) is 0 Å². The second-order valence-electron chi connectivity index (χ2n) is 3.54. The van der Waals surface area contributed by atoms with Crippen molar-refractivity contribution in [3.63, 3.8) is 0 Å². The highest BCUT2D eigenvalue weighted by Crippen LogP contribution is 2.42. The molecular formula is C10H9F4N. The number of halogens is 4. The van der Waals surface area contributed by atoms with Gasteiger partial charge in [0.1, 0.15) is 5.82 Å². The summed E-state index contributed by atoms with van der Waals surface area (Å²) in [6.45, 7) is 0.223. The summed E-state index contributed by atoms with van der Waals surface area (Å²) in [5.74, 6) is -2.00. The molecule has 0 amide bonds. The second kappa shape index (κ2) is 3.40. The molecule has 5 heteroatoms. The molecule has 0 radical (unpaired) electrons. The van der Waals surface area contributed by atoms with Crippen molar-refractivity contribution < 1.29 is 17.6 Å². The molecule has 1 aliphatic rings. The van der Waals surface area contributed by atoms with E-state index in [0.717, 1.165) is 12.1 Å². The lowest BCUT2D eigenvalue weighted by Gasteiger charge is -2.28. The molecule has 15 heavy (non-hydrogen) atoms. The highest BCUT2D eigenvalue weighted by atomic mass is 19.4. The molecule has 0 saturated heterocycles. The maximum Gasteiger partial charge on any atom is 0.395 e. The third-order valence-electron chi connectivity index (χ3n) is 2.53. The summed E-state index contributed by atoms with van der Waals surface area (Å²) in [6, 6.07) is 3.37. The van der Waals surface area contributed by atoms with Gasteiger partial charge >= 0.3 is 6.18 Å². The number of fused-ring (bicyclic) bond motifs is 1. The lowest BCUT2D eigenvalue weighted by atomic mass is 9.90. The maximum atomic E-state index is 12.8. The number of alkyl halides is 3. The van der Waals surface area contributed by atoms with Crippen molar-refractivity contribution in [3.05, 3.63) is 29.6 Å². The van der Waals surface area contributed by atoms with E-state index >= 15 is 0 Å². The molecule has 1 unspecified atom stereocenters. The molecule has 0 bridgehead atoms. The van der Waals surface area contributed by atoms with Gasteiger partial charge in [-0.15, -0.1) is 0 Å². The zero-order valence-electron chi connectivity index (χ0n) is 7.74. The van der Waals surface area contributed by atoms with E-state index in [2.05, 4.69) is 5.32 Å². The van der Waals surface area contributed by atoms with Crippen LogP contribution >= 0.6 is 0 Å². The molecule has 0 saturated carbocycles. The Labute approximate surface area is 84.1 Å². The number of anilines is 1. The predicted molar refractivity (Wildman–Crippen MR) is 48.3 cm³/mol. The third kappa shape index (κ3) is 1.91. The fraction of sp³-hybridized carbons (Fsp3) is 0.400. The number of hydrogen-bond acceptors (Lipinski definition) is 1. The van der Waals surface area contributed by atoms with E-state index in [-0.39, 0.29) is 24.2 Å². The van der Waals surface area contributed by atoms with Gasteiger partial charge in [0.2, 0.25) is 0 Å². The first kappa shape index (κ1) is 10.3. The highest BCUT2D eigenvalue weighted by Gasteiger charge is 2.42. The molecule has 1 atom stereocenters. The molecule has 2 rings (SSSR count). The van der Waals surface area contributed by atoms with Crippen LogP contribution in [0.25, 0.3) is 0 Å². The van der Waals surface area contributed by atoms with E-state index in [4.69, 9.17) is 0 Å². The Morgan fingerprint density at radius 3 is 2.67 bits per heavy atom. The van der Waals surface area contributed by atoms with Gasteiger partial charge in [-0.25, -0.2) is 4.39 Å². The van der Waals surface area contributed by atoms with Gasteiger partial charge in [-0.1, -0.05) is 6.07 Å². The number of benzene rings is 1. The molecule has 82 valence electrons. The maximum absolute atomic E-state index is 12.8. The van der Waals surface area contributed by atoms with Gasteiger partial charge in [0.25, 0.3) is 0 Å². The standard InChI is InChI=1S/C10H9F4N/c11-6-1-2-7-8(10(12,13)14)3-4-15-9(7)5-6/h1-2,5,8,15H,3-4H2. The van der Waals surface area contributed by atoms with Crippen LogP contribution < -0.4 is 5.32 Å². The van der Waals surface area contributed by atoms with Crippen molar-refractivity contribution in [2.24, 2.45) is 0 Å². The molecule has 1 nitrogen and oxygen atoms in total. The predicted octanol–water partition coefficient (Wildman–Crippen LogP) is 3.29. The first-order valence-corrected chi connectivity index (χ1v) is 4.58. The Balaban J connectivity index is 2.43. The summed E-state index contributed by atoms with van der Waals surface area (Å²) < 4.78 is 50.6. The van der Waals surface area contributed by atoms with Gasteiger partial charge < -0.3 is 5.32 Å². The zero-order valence-corrected chi connectivity index (χ0v) is 7.74. The topological polar surface area (TPSA) is 12.0 Å². The minimum absolute atomic E-state index is 0.00212. The monoisotopic (exact) mass is 219 g/mol. The minimum Gasteiger partial charge on any atom is -0.385 e. The second-order valence-corrected chi connectivity index (χ2v) is 3.54. The molecular weight excluding hydrogens is 210 g/mol. The number of hydrogen-bond donors (Lipinski definition) is 1. The number of rotatable bonds is 0. The van der Waals surface area contributed by atoms with E-state index in [1.807, 2.05) is 0 Å². The average Bonchev–Trinajstić information content (AvgIpc) is 2.15. The van der Waals surface area contributed by atoms with Gasteiger partial charge in [-0.2, -0.15) is 13.2 Å². The summed E-state index contributed by atoms with van der Waals surface area (Å²) in [5.41, 5.74) is 0.388. The van der Waals surface area contributed by atoms with Crippen LogP contribution in [-0.2, 0) is 0 Å². The summed E-state index contributed by atoms with van der Waals surface area (Å²) in [6.07, 6.45) is -4.25. The summed E-state index contributed by atoms with van der Waals surface area (Å²) in [7, 11) is 0. The summed E-state index contributed by atoms with van der Waals surface area (Å²) in [5, 5.41) is 2.77. The Hall–Kier alpha value is -1.26. The Kier molecular flexibility index (Phi) is 2.32. The molecule has 1 aliphatic heterocycles. The largest absolute Gasteiger partial charge is 0.395 e. The van der Waals surface area contributed by atoms with E-state index in [0.29, 0.717) is 0 Å². The Morgan fingerprint density at radius 2 is 2.00 bits per heavy atom. The fourth-order valence-electron chi connectivity index (χ4n) is 1.83. The van der Waals surface area contributed by atoms with Crippen LogP contribution in [0.4, 0.5) is 23.2 Å². The van der Waals surface area contributed by atoms with Crippen molar-refractivity contribution in [2.75, 3.05) is 11.9 Å². The van der Waals surface area contributed by atoms with Crippen molar-refractivity contribution in [1.29, 1.82) is 0 Å². The van der Waals surface area contributed by atoms with Gasteiger partial charge in [-0.3, -0.25) is 0 Å². The zero-order chi connectivity index (χ0) is 11.1. The average molecular weight is 219 g/mol. The fourth-order valence-corrected chi connectivity index (χ4v) is 1.83. The van der Waals surface area contributed by atoms with E-state index in [1.54, 1.807) is 0 Å². The Bertz CT molecular complexity index is 372. The summed E-state index contributed by atoms with van der Waals surface area (Å²) in [4.78, 5) is 0. The van der Waals surface area contributed by atoms with Crippen LogP contribution in [0, 0.1) is 5.82 Å². The highest BCUT2D eigenvalue weighted by molar-refractivity contribution is 5.55. The normalized spacial score (nSPS) is 20.7. The molecule has 0 aromatic heterocycles. The van der Waals surface area contributed by atoms with Crippen LogP contribution in [0.2, 0.25) is 0 Å². The van der Waals surface area contributed by atoms with Gasteiger partial charge in [0.05, 0.1) is 5.92 Å². The van der Waals surface area contributed by atoms with Gasteiger partial charge in [0, 0.05) is 12.2 Å². The van der Waals surface area contributed by atoms with E-state index < -0.39 is 17.9 Å². The molecule has 0 fully saturated rings. The molecule has 1 aromatic carbocycles.